The summed E-state index contributed by atoms with van der Waals surface area (Å²) in [6, 6.07) is 9.92. The van der Waals surface area contributed by atoms with E-state index >= 15 is 0 Å². The van der Waals surface area contributed by atoms with Crippen molar-refractivity contribution >= 4 is 33.0 Å². The maximum absolute atomic E-state index is 13.7. The first-order valence-corrected chi connectivity index (χ1v) is 11.3. The summed E-state index contributed by atoms with van der Waals surface area (Å²) in [7, 11) is -3.94. The van der Waals surface area contributed by atoms with Crippen LogP contribution in [0.5, 0.6) is 0 Å². The number of hydrogen-bond donors (Lipinski definition) is 1. The molecule has 2 aromatic carbocycles. The molecule has 7 nitrogen and oxygen atoms in total. The Labute approximate surface area is 175 Å². The molecule has 3 aromatic rings. The third-order valence-electron chi connectivity index (χ3n) is 4.65. The first-order chi connectivity index (χ1) is 14.4. The van der Waals surface area contributed by atoms with Crippen LogP contribution in [0.15, 0.2) is 53.4 Å². The van der Waals surface area contributed by atoms with E-state index in [0.29, 0.717) is 17.8 Å². The Morgan fingerprint density at radius 3 is 2.70 bits per heavy atom. The fourth-order valence-electron chi connectivity index (χ4n) is 3.24. The molecule has 1 amide bonds. The summed E-state index contributed by atoms with van der Waals surface area (Å²) in [6.07, 6.45) is 1.09. The highest BCUT2D eigenvalue weighted by atomic mass is 32.2. The second kappa shape index (κ2) is 8.17. The fourth-order valence-corrected chi connectivity index (χ4v) is 5.88. The lowest BCUT2D eigenvalue weighted by Crippen LogP contribution is -2.30. The molecule has 0 spiro atoms. The van der Waals surface area contributed by atoms with Gasteiger partial charge in [0, 0.05) is 6.54 Å². The van der Waals surface area contributed by atoms with Crippen molar-refractivity contribution in [3.63, 3.8) is 0 Å². The topological polar surface area (TPSA) is 92.3 Å². The lowest BCUT2D eigenvalue weighted by molar-refractivity contribution is 0.102. The number of halogens is 2. The third kappa shape index (κ3) is 3.95. The van der Waals surface area contributed by atoms with Crippen LogP contribution in [0, 0.1) is 11.6 Å². The number of aromatic nitrogens is 2. The summed E-state index contributed by atoms with van der Waals surface area (Å²) in [5.74, 6) is -1.87. The smallest absolute Gasteiger partial charge is 0.286 e. The first kappa shape index (κ1) is 20.5. The number of nitrogens with one attached hydrogen (secondary N) is 1. The molecule has 0 saturated carbocycles. The summed E-state index contributed by atoms with van der Waals surface area (Å²) in [6.45, 7) is 0.250. The van der Waals surface area contributed by atoms with Gasteiger partial charge in [-0.2, -0.15) is 4.31 Å². The van der Waals surface area contributed by atoms with Crippen molar-refractivity contribution in [1.82, 2.24) is 14.5 Å². The maximum Gasteiger partial charge on any atom is 0.286 e. The SMILES string of the molecule is O=C(Nc1ccccc1F)c1nnc([C@H]2CCCN2S(=O)(=O)c2cccc(F)c2)s1. The highest BCUT2D eigenvalue weighted by Crippen LogP contribution is 2.37. The molecule has 1 aliphatic heterocycles. The number of anilines is 1. The number of hydrogen-bond acceptors (Lipinski definition) is 6. The van der Waals surface area contributed by atoms with Gasteiger partial charge in [-0.15, -0.1) is 10.2 Å². The Kier molecular flexibility index (Phi) is 5.58. The minimum atomic E-state index is -3.94. The van der Waals surface area contributed by atoms with E-state index in [1.165, 1.54) is 40.7 Å². The molecule has 1 saturated heterocycles. The van der Waals surface area contributed by atoms with Crippen LogP contribution in [0.4, 0.5) is 14.5 Å². The molecule has 0 unspecified atom stereocenters. The number of carbonyl (C=O) groups excluding carboxylic acids is 1. The molecule has 1 aromatic heterocycles. The zero-order chi connectivity index (χ0) is 21.3. The van der Waals surface area contributed by atoms with E-state index in [4.69, 9.17) is 0 Å². The van der Waals surface area contributed by atoms with Gasteiger partial charge >= 0.3 is 0 Å². The van der Waals surface area contributed by atoms with Gasteiger partial charge in [0.25, 0.3) is 5.91 Å². The van der Waals surface area contributed by atoms with Crippen molar-refractivity contribution in [2.24, 2.45) is 0 Å². The van der Waals surface area contributed by atoms with Gasteiger partial charge in [-0.25, -0.2) is 17.2 Å². The molecule has 30 heavy (non-hydrogen) atoms. The first-order valence-electron chi connectivity index (χ1n) is 9.03. The van der Waals surface area contributed by atoms with Gasteiger partial charge in [0.2, 0.25) is 15.0 Å². The van der Waals surface area contributed by atoms with Gasteiger partial charge in [-0.3, -0.25) is 4.79 Å². The van der Waals surface area contributed by atoms with Gasteiger partial charge in [-0.1, -0.05) is 29.5 Å². The molecule has 1 N–H and O–H groups in total. The van der Waals surface area contributed by atoms with Crippen LogP contribution in [0.3, 0.4) is 0 Å². The van der Waals surface area contributed by atoms with E-state index in [1.54, 1.807) is 6.07 Å². The summed E-state index contributed by atoms with van der Waals surface area (Å²) in [5, 5.41) is 10.6. The molecule has 0 radical (unpaired) electrons. The zero-order valence-corrected chi connectivity index (χ0v) is 17.1. The number of rotatable bonds is 5. The predicted molar refractivity (Wildman–Crippen MR) is 107 cm³/mol. The van der Waals surface area contributed by atoms with Crippen LogP contribution in [-0.4, -0.2) is 35.4 Å². The molecular formula is C19H16F2N4O3S2. The van der Waals surface area contributed by atoms with Gasteiger partial charge in [0.1, 0.15) is 16.6 Å². The van der Waals surface area contributed by atoms with E-state index < -0.39 is 33.6 Å². The minimum Gasteiger partial charge on any atom is -0.317 e. The van der Waals surface area contributed by atoms with Crippen LogP contribution in [0.2, 0.25) is 0 Å². The van der Waals surface area contributed by atoms with Gasteiger partial charge in [-0.05, 0) is 43.2 Å². The van der Waals surface area contributed by atoms with Crippen molar-refractivity contribution in [1.29, 1.82) is 0 Å². The van der Waals surface area contributed by atoms with E-state index in [2.05, 4.69) is 15.5 Å². The largest absolute Gasteiger partial charge is 0.317 e. The van der Waals surface area contributed by atoms with Gasteiger partial charge in [0.15, 0.2) is 0 Å². The average molecular weight is 450 g/mol. The average Bonchev–Trinajstić information content (AvgIpc) is 3.39. The molecule has 1 atom stereocenters. The molecule has 2 heterocycles. The van der Waals surface area contributed by atoms with Crippen molar-refractivity contribution in [2.75, 3.05) is 11.9 Å². The Balaban J connectivity index is 1.56. The molecular weight excluding hydrogens is 434 g/mol. The minimum absolute atomic E-state index is 0.00965. The number of carbonyl (C=O) groups is 1. The van der Waals surface area contributed by atoms with Crippen molar-refractivity contribution < 1.29 is 22.0 Å². The third-order valence-corrected chi connectivity index (χ3v) is 7.58. The summed E-state index contributed by atoms with van der Waals surface area (Å²) in [5.41, 5.74) is 0.00965. The van der Waals surface area contributed by atoms with Crippen LogP contribution in [0.1, 0.15) is 33.7 Å². The zero-order valence-electron chi connectivity index (χ0n) is 15.5. The summed E-state index contributed by atoms with van der Waals surface area (Å²) in [4.78, 5) is 12.2. The quantitative estimate of drug-likeness (QED) is 0.641. The number of amides is 1. The van der Waals surface area contributed by atoms with Crippen molar-refractivity contribution in [3.8, 4) is 0 Å². The second-order valence-electron chi connectivity index (χ2n) is 6.61. The number of sulfonamides is 1. The Bertz CT molecular complexity index is 1200. The molecule has 4 rings (SSSR count). The highest BCUT2D eigenvalue weighted by Gasteiger charge is 2.38. The normalized spacial score (nSPS) is 17.2. The number of benzene rings is 2. The van der Waals surface area contributed by atoms with E-state index in [9.17, 15) is 22.0 Å². The Morgan fingerprint density at radius 1 is 1.13 bits per heavy atom. The summed E-state index contributed by atoms with van der Waals surface area (Å²) < 4.78 is 54.5. The van der Waals surface area contributed by atoms with Gasteiger partial charge < -0.3 is 5.32 Å². The molecule has 11 heteroatoms. The van der Waals surface area contributed by atoms with Crippen LogP contribution >= 0.6 is 11.3 Å². The molecule has 0 bridgehead atoms. The summed E-state index contributed by atoms with van der Waals surface area (Å²) >= 11 is 0.945. The molecule has 1 aliphatic rings. The number of para-hydroxylation sites is 1. The van der Waals surface area contributed by atoms with Crippen molar-refractivity contribution in [2.45, 2.75) is 23.8 Å². The van der Waals surface area contributed by atoms with E-state index in [0.717, 1.165) is 17.4 Å². The molecule has 1 fully saturated rings. The maximum atomic E-state index is 13.7. The van der Waals surface area contributed by atoms with Gasteiger partial charge in [0.05, 0.1) is 16.6 Å². The fraction of sp³-hybridized carbons (Fsp3) is 0.211. The Hall–Kier alpha value is -2.76. The van der Waals surface area contributed by atoms with E-state index in [-0.39, 0.29) is 22.1 Å². The van der Waals surface area contributed by atoms with Crippen LogP contribution in [0.25, 0.3) is 0 Å². The Morgan fingerprint density at radius 2 is 1.93 bits per heavy atom. The predicted octanol–water partition coefficient (Wildman–Crippen LogP) is 3.59. The highest BCUT2D eigenvalue weighted by molar-refractivity contribution is 7.89. The van der Waals surface area contributed by atoms with E-state index in [1.807, 2.05) is 0 Å². The number of nitrogens with zero attached hydrogens (tertiary/aromatic N) is 3. The molecule has 0 aliphatic carbocycles. The second-order valence-corrected chi connectivity index (χ2v) is 9.51. The lowest BCUT2D eigenvalue weighted by Gasteiger charge is -2.22. The van der Waals surface area contributed by atoms with Crippen LogP contribution < -0.4 is 5.32 Å². The molecule has 156 valence electrons. The van der Waals surface area contributed by atoms with Crippen LogP contribution in [-0.2, 0) is 10.0 Å². The monoisotopic (exact) mass is 450 g/mol. The van der Waals surface area contributed by atoms with Crippen molar-refractivity contribution in [3.05, 3.63) is 70.2 Å². The standard InChI is InChI=1S/C19H16F2N4O3S2/c20-12-5-3-6-13(11-12)30(27,28)25-10-4-9-16(25)18-23-24-19(29-18)17(26)22-15-8-2-1-7-14(15)21/h1-3,5-8,11,16H,4,9-10H2,(H,22,26)/t16-/m1/s1. The lowest BCUT2D eigenvalue weighted by atomic mass is 10.2.